The zero-order chi connectivity index (χ0) is 25.2. The number of anilines is 2. The zero-order valence-corrected chi connectivity index (χ0v) is 22.2. The number of thiazole rings is 1. The summed E-state index contributed by atoms with van der Waals surface area (Å²) < 4.78 is 0. The summed E-state index contributed by atoms with van der Waals surface area (Å²) >= 11 is 1.59. The first-order chi connectivity index (χ1) is 18.1. The molecule has 0 unspecified atom stereocenters. The van der Waals surface area contributed by atoms with Crippen LogP contribution in [0.15, 0.2) is 52.8 Å². The fourth-order valence-corrected chi connectivity index (χ4v) is 6.32. The van der Waals surface area contributed by atoms with Crippen molar-refractivity contribution in [3.8, 4) is 11.4 Å². The van der Waals surface area contributed by atoms with Crippen molar-refractivity contribution in [1.29, 1.82) is 0 Å². The number of fused-ring (bicyclic) bond motifs is 1. The van der Waals surface area contributed by atoms with E-state index in [0.29, 0.717) is 11.2 Å². The van der Waals surface area contributed by atoms with Crippen molar-refractivity contribution in [1.82, 2.24) is 24.8 Å². The molecule has 0 amide bonds. The third kappa shape index (κ3) is 5.46. The highest BCUT2D eigenvalue weighted by molar-refractivity contribution is 7.09. The second kappa shape index (κ2) is 10.7. The highest BCUT2D eigenvalue weighted by Crippen LogP contribution is 2.29. The Hall–Kier alpha value is -3.07. The molecule has 2 N–H and O–H groups in total. The highest BCUT2D eigenvalue weighted by Gasteiger charge is 2.26. The predicted molar refractivity (Wildman–Crippen MR) is 152 cm³/mol. The Labute approximate surface area is 221 Å². The summed E-state index contributed by atoms with van der Waals surface area (Å²) in [5, 5.41) is 7.79. The van der Waals surface area contributed by atoms with E-state index in [-0.39, 0.29) is 5.56 Å². The summed E-state index contributed by atoms with van der Waals surface area (Å²) in [5.74, 6) is 0.550. The molecule has 0 atom stereocenters. The van der Waals surface area contributed by atoms with E-state index in [0.717, 1.165) is 46.5 Å². The van der Waals surface area contributed by atoms with Crippen molar-refractivity contribution in [2.45, 2.75) is 45.1 Å². The number of aromatic nitrogens is 3. The first-order valence-electron chi connectivity index (χ1n) is 13.4. The molecule has 3 aromatic heterocycles. The van der Waals surface area contributed by atoms with Gasteiger partial charge in [0.25, 0.3) is 5.56 Å². The molecule has 192 valence electrons. The summed E-state index contributed by atoms with van der Waals surface area (Å²) in [6.45, 7) is 8.12. The van der Waals surface area contributed by atoms with Crippen molar-refractivity contribution in [2.24, 2.45) is 0 Å². The average molecular weight is 515 g/mol. The van der Waals surface area contributed by atoms with E-state index >= 15 is 0 Å². The van der Waals surface area contributed by atoms with Crippen LogP contribution in [0.25, 0.3) is 22.2 Å². The van der Waals surface area contributed by atoms with Crippen LogP contribution in [0.2, 0.25) is 0 Å². The lowest BCUT2D eigenvalue weighted by molar-refractivity contribution is 0.128. The molecular formula is C29H34N6OS. The van der Waals surface area contributed by atoms with Gasteiger partial charge >= 0.3 is 0 Å². The number of likely N-dealkylation sites (tertiary alicyclic amines) is 2. The molecular weight excluding hydrogens is 480 g/mol. The van der Waals surface area contributed by atoms with Gasteiger partial charge in [-0.2, -0.15) is 0 Å². The molecule has 7 nitrogen and oxygen atoms in total. The smallest absolute Gasteiger partial charge is 0.259 e. The van der Waals surface area contributed by atoms with Crippen molar-refractivity contribution in [3.05, 3.63) is 68.9 Å². The van der Waals surface area contributed by atoms with Gasteiger partial charge in [0, 0.05) is 29.9 Å². The lowest BCUT2D eigenvalue weighted by Gasteiger charge is -2.36. The number of nitrogens with zero attached hydrogens (tertiary/aromatic N) is 4. The number of aromatic amines is 1. The van der Waals surface area contributed by atoms with Gasteiger partial charge in [-0.3, -0.25) is 4.79 Å². The summed E-state index contributed by atoms with van der Waals surface area (Å²) in [6, 6.07) is 13.2. The molecule has 0 saturated carbocycles. The maximum Gasteiger partial charge on any atom is 0.259 e. The van der Waals surface area contributed by atoms with E-state index in [2.05, 4.69) is 49.4 Å². The van der Waals surface area contributed by atoms with Gasteiger partial charge in [0.15, 0.2) is 0 Å². The van der Waals surface area contributed by atoms with Crippen molar-refractivity contribution >= 4 is 33.6 Å². The molecule has 2 aliphatic rings. The molecule has 8 heteroatoms. The van der Waals surface area contributed by atoms with Gasteiger partial charge in [-0.1, -0.05) is 12.1 Å². The largest absolute Gasteiger partial charge is 0.340 e. The Bertz CT molecular complexity index is 1410. The average Bonchev–Trinajstić information content (AvgIpc) is 3.61. The van der Waals surface area contributed by atoms with Gasteiger partial charge < -0.3 is 20.1 Å². The van der Waals surface area contributed by atoms with E-state index in [1.165, 1.54) is 57.4 Å². The molecule has 5 heterocycles. The molecule has 2 aliphatic heterocycles. The molecule has 2 saturated heterocycles. The minimum absolute atomic E-state index is 0.154. The van der Waals surface area contributed by atoms with Crippen molar-refractivity contribution in [2.75, 3.05) is 38.0 Å². The number of nitrogens with one attached hydrogen (secondary N) is 2. The molecule has 0 spiro atoms. The Kier molecular flexibility index (Phi) is 7.04. The maximum atomic E-state index is 12.7. The first kappa shape index (κ1) is 24.3. The number of aryl methyl sites for hydroxylation is 1. The highest BCUT2D eigenvalue weighted by atomic mass is 32.1. The van der Waals surface area contributed by atoms with E-state index < -0.39 is 0 Å². The quantitative estimate of drug-likeness (QED) is 0.353. The normalized spacial score (nSPS) is 17.5. The van der Waals surface area contributed by atoms with E-state index in [1.807, 2.05) is 24.4 Å². The Morgan fingerprint density at radius 3 is 2.54 bits per heavy atom. The molecule has 4 aromatic rings. The lowest BCUT2D eigenvalue weighted by Crippen LogP contribution is -2.44. The second-order valence-electron chi connectivity index (χ2n) is 10.3. The molecule has 37 heavy (non-hydrogen) atoms. The van der Waals surface area contributed by atoms with Crippen LogP contribution in [0.4, 0.5) is 11.5 Å². The number of hydrogen-bond acceptors (Lipinski definition) is 7. The lowest BCUT2D eigenvalue weighted by atomic mass is 10.0. The van der Waals surface area contributed by atoms with E-state index in [1.54, 1.807) is 17.5 Å². The number of piperidine rings is 1. The standard InChI is InChI=1S/C29H34N6OS/c1-20-31-26(19-37-20)25-18-22-8-12-30-29(36)27(22)28(33-25)32-23-6-4-21(5-7-23)9-15-34-16-10-24(11-17-34)35-13-2-3-14-35/h4-8,12,18-19,24H,2-3,9-11,13-17H2,1H3,(H,30,36)(H,32,33). The SMILES string of the molecule is Cc1nc(-c2cc3cc[nH]c(=O)c3c(Nc3ccc(CCN4CCC(N5CCCC5)CC4)cc3)n2)cs1. The van der Waals surface area contributed by atoms with Crippen LogP contribution >= 0.6 is 11.3 Å². The van der Waals surface area contributed by atoms with Gasteiger partial charge in [0.05, 0.1) is 21.8 Å². The van der Waals surface area contributed by atoms with Crippen LogP contribution in [0.1, 0.15) is 36.3 Å². The van der Waals surface area contributed by atoms with Crippen LogP contribution in [-0.4, -0.2) is 63.5 Å². The Morgan fingerprint density at radius 2 is 1.81 bits per heavy atom. The summed E-state index contributed by atoms with van der Waals surface area (Å²) in [6.07, 6.45) is 8.10. The molecule has 1 aromatic carbocycles. The minimum Gasteiger partial charge on any atom is -0.340 e. The number of rotatable bonds is 7. The second-order valence-corrected chi connectivity index (χ2v) is 11.3. The number of hydrogen-bond donors (Lipinski definition) is 2. The predicted octanol–water partition coefficient (Wildman–Crippen LogP) is 5.20. The van der Waals surface area contributed by atoms with Gasteiger partial charge in [0.1, 0.15) is 5.82 Å². The van der Waals surface area contributed by atoms with Crippen LogP contribution in [0.5, 0.6) is 0 Å². The van der Waals surface area contributed by atoms with Crippen LogP contribution in [-0.2, 0) is 6.42 Å². The molecule has 0 aliphatic carbocycles. The third-order valence-corrected chi connectivity index (χ3v) is 8.56. The van der Waals surface area contributed by atoms with Gasteiger partial charge in [-0.15, -0.1) is 11.3 Å². The van der Waals surface area contributed by atoms with Gasteiger partial charge in [-0.25, -0.2) is 9.97 Å². The summed E-state index contributed by atoms with van der Waals surface area (Å²) in [4.78, 5) is 30.2. The summed E-state index contributed by atoms with van der Waals surface area (Å²) in [7, 11) is 0. The third-order valence-electron chi connectivity index (χ3n) is 7.78. The van der Waals surface area contributed by atoms with Gasteiger partial charge in [-0.05, 0) is 100 Å². The monoisotopic (exact) mass is 514 g/mol. The zero-order valence-electron chi connectivity index (χ0n) is 21.4. The Balaban J connectivity index is 1.12. The van der Waals surface area contributed by atoms with Crippen molar-refractivity contribution in [3.63, 3.8) is 0 Å². The first-order valence-corrected chi connectivity index (χ1v) is 14.3. The van der Waals surface area contributed by atoms with E-state index in [4.69, 9.17) is 4.98 Å². The number of H-pyrrole nitrogens is 1. The number of benzene rings is 1. The molecule has 0 radical (unpaired) electrons. The summed E-state index contributed by atoms with van der Waals surface area (Å²) in [5.41, 5.74) is 3.68. The van der Waals surface area contributed by atoms with E-state index in [9.17, 15) is 4.79 Å². The molecule has 6 rings (SSSR count). The van der Waals surface area contributed by atoms with Gasteiger partial charge in [0.2, 0.25) is 0 Å². The fraction of sp³-hybridized carbons (Fsp3) is 0.414. The minimum atomic E-state index is -0.154. The van der Waals surface area contributed by atoms with Crippen LogP contribution < -0.4 is 10.9 Å². The van der Waals surface area contributed by atoms with Crippen LogP contribution in [0, 0.1) is 6.92 Å². The molecule has 0 bridgehead atoms. The maximum absolute atomic E-state index is 12.7. The topological polar surface area (TPSA) is 77.2 Å². The Morgan fingerprint density at radius 1 is 1.03 bits per heavy atom. The number of pyridine rings is 2. The van der Waals surface area contributed by atoms with Crippen LogP contribution in [0.3, 0.4) is 0 Å². The fourth-order valence-electron chi connectivity index (χ4n) is 5.71. The van der Waals surface area contributed by atoms with Crippen molar-refractivity contribution < 1.29 is 0 Å². The molecule has 2 fully saturated rings.